The molecule has 9 heteroatoms. The van der Waals surface area contributed by atoms with E-state index in [1.165, 1.54) is 0 Å². The fourth-order valence-electron chi connectivity index (χ4n) is 4.90. The molecule has 0 aliphatic carbocycles. The Hall–Kier alpha value is -3.88. The molecule has 0 bridgehead atoms. The Balaban J connectivity index is 1.57. The van der Waals surface area contributed by atoms with E-state index in [1.54, 1.807) is 43.0 Å². The third-order valence-corrected chi connectivity index (χ3v) is 7.13. The van der Waals surface area contributed by atoms with Crippen molar-refractivity contribution < 1.29 is 24.3 Å². The van der Waals surface area contributed by atoms with Crippen molar-refractivity contribution in [2.24, 2.45) is 5.41 Å². The predicted molar refractivity (Wildman–Crippen MR) is 153 cm³/mol. The van der Waals surface area contributed by atoms with Gasteiger partial charge in [-0.25, -0.2) is 4.79 Å². The third-order valence-electron chi connectivity index (χ3n) is 7.13. The van der Waals surface area contributed by atoms with Crippen LogP contribution < -0.4 is 16.0 Å². The van der Waals surface area contributed by atoms with Crippen molar-refractivity contribution in [1.29, 1.82) is 0 Å². The number of para-hydroxylation sites is 1. The van der Waals surface area contributed by atoms with Gasteiger partial charge in [-0.1, -0.05) is 32.0 Å². The highest BCUT2D eigenvalue weighted by Gasteiger charge is 2.41. The van der Waals surface area contributed by atoms with Crippen LogP contribution in [0.3, 0.4) is 0 Å². The Morgan fingerprint density at radius 1 is 0.949 bits per heavy atom. The minimum Gasteiger partial charge on any atom is -0.481 e. The molecule has 210 valence electrons. The lowest BCUT2D eigenvalue weighted by atomic mass is 9.84. The second kappa shape index (κ2) is 12.3. The Labute approximate surface area is 230 Å². The number of nitrogens with zero attached hydrogens (tertiary/aromatic N) is 1. The first-order chi connectivity index (χ1) is 18.3. The molecule has 39 heavy (non-hydrogen) atoms. The first-order valence-electron chi connectivity index (χ1n) is 13.3. The van der Waals surface area contributed by atoms with Crippen molar-refractivity contribution in [2.75, 3.05) is 22.5 Å². The largest absolute Gasteiger partial charge is 0.481 e. The van der Waals surface area contributed by atoms with E-state index in [-0.39, 0.29) is 30.6 Å². The molecular formula is C30H40N4O5. The van der Waals surface area contributed by atoms with E-state index in [4.69, 9.17) is 5.11 Å². The molecule has 1 heterocycles. The highest BCUT2D eigenvalue weighted by molar-refractivity contribution is 6.00. The molecule has 0 unspecified atom stereocenters. The molecule has 0 aromatic heterocycles. The van der Waals surface area contributed by atoms with E-state index >= 15 is 0 Å². The number of Topliss-reactive ketones (excluding diaryl/α,β-unsaturated/α-hetero) is 1. The van der Waals surface area contributed by atoms with Gasteiger partial charge in [-0.05, 0) is 81.3 Å². The van der Waals surface area contributed by atoms with Crippen molar-refractivity contribution in [3.8, 4) is 0 Å². The second-order valence-electron chi connectivity index (χ2n) is 11.6. The van der Waals surface area contributed by atoms with Gasteiger partial charge in [0.05, 0.1) is 18.0 Å². The number of hydrogen-bond donors (Lipinski definition) is 4. The van der Waals surface area contributed by atoms with Crippen LogP contribution in [0.4, 0.5) is 21.9 Å². The number of aliphatic carboxylic acids is 1. The van der Waals surface area contributed by atoms with Crippen molar-refractivity contribution in [2.45, 2.75) is 78.3 Å². The Kier molecular flexibility index (Phi) is 9.37. The monoisotopic (exact) mass is 536 g/mol. The molecule has 2 aromatic carbocycles. The minimum atomic E-state index is -0.937. The zero-order chi connectivity index (χ0) is 28.8. The molecule has 1 aliphatic rings. The van der Waals surface area contributed by atoms with Crippen molar-refractivity contribution >= 4 is 40.8 Å². The summed E-state index contributed by atoms with van der Waals surface area (Å²) in [6.45, 7) is 9.72. The van der Waals surface area contributed by atoms with Gasteiger partial charge < -0.3 is 26.0 Å². The Bertz CT molecular complexity index is 1210. The van der Waals surface area contributed by atoms with Gasteiger partial charge >= 0.3 is 12.0 Å². The van der Waals surface area contributed by atoms with Gasteiger partial charge in [0.15, 0.2) is 5.78 Å². The quantitative estimate of drug-likeness (QED) is 0.293. The van der Waals surface area contributed by atoms with Crippen LogP contribution in [0.5, 0.6) is 0 Å². The van der Waals surface area contributed by atoms with Crippen LogP contribution >= 0.6 is 0 Å². The number of carbonyl (C=O) groups excluding carboxylic acids is 3. The summed E-state index contributed by atoms with van der Waals surface area (Å²) in [4.78, 5) is 51.7. The Morgan fingerprint density at radius 2 is 1.59 bits per heavy atom. The first kappa shape index (κ1) is 29.7. The van der Waals surface area contributed by atoms with E-state index < -0.39 is 23.0 Å². The van der Waals surface area contributed by atoms with Gasteiger partial charge in [-0.15, -0.1) is 0 Å². The Morgan fingerprint density at radius 3 is 2.23 bits per heavy atom. The van der Waals surface area contributed by atoms with Gasteiger partial charge in [-0.2, -0.15) is 0 Å². The first-order valence-corrected chi connectivity index (χ1v) is 13.3. The number of carboxylic acid groups (broad SMARTS) is 1. The minimum absolute atomic E-state index is 0.00866. The number of amides is 3. The lowest BCUT2D eigenvalue weighted by Gasteiger charge is -2.33. The van der Waals surface area contributed by atoms with E-state index in [2.05, 4.69) is 16.0 Å². The fourth-order valence-corrected chi connectivity index (χ4v) is 4.90. The summed E-state index contributed by atoms with van der Waals surface area (Å²) in [5, 5.41) is 18.0. The summed E-state index contributed by atoms with van der Waals surface area (Å²) in [5.74, 6) is -1.07. The lowest BCUT2D eigenvalue weighted by Crippen LogP contribution is -2.52. The highest BCUT2D eigenvalue weighted by atomic mass is 16.4. The standard InChI is InChI=1S/C30H40N4O5/c1-20-9-6-7-10-23(20)32-28(39)31-21-12-14-22(15-13-21)33-30(4,5)27(38)24-11-8-18-34(24)25(35)16-17-29(2,3)19-26(36)37/h6-7,9-10,12-15,24,33H,8,11,16-19H2,1-5H3,(H,36,37)(H2,31,32,39)/t24-/m0/s1. The summed E-state index contributed by atoms with van der Waals surface area (Å²) in [6, 6.07) is 13.7. The molecular weight excluding hydrogens is 496 g/mol. The zero-order valence-electron chi connectivity index (χ0n) is 23.5. The molecule has 0 saturated carbocycles. The van der Waals surface area contributed by atoms with Crippen LogP contribution in [-0.2, 0) is 14.4 Å². The molecule has 0 spiro atoms. The van der Waals surface area contributed by atoms with E-state index in [1.807, 2.05) is 45.0 Å². The number of carboxylic acids is 1. The number of ketones is 1. The number of rotatable bonds is 11. The normalized spacial score (nSPS) is 15.5. The zero-order valence-corrected chi connectivity index (χ0v) is 23.5. The maximum absolute atomic E-state index is 13.5. The summed E-state index contributed by atoms with van der Waals surface area (Å²) in [5.41, 5.74) is 1.58. The van der Waals surface area contributed by atoms with Crippen LogP contribution in [0.25, 0.3) is 0 Å². The molecule has 4 N–H and O–H groups in total. The topological polar surface area (TPSA) is 128 Å². The number of carbonyl (C=O) groups is 4. The lowest BCUT2D eigenvalue weighted by molar-refractivity contribution is -0.141. The highest BCUT2D eigenvalue weighted by Crippen LogP contribution is 2.30. The molecule has 1 fully saturated rings. The predicted octanol–water partition coefficient (Wildman–Crippen LogP) is 5.67. The molecule has 0 radical (unpaired) electrons. The van der Waals surface area contributed by atoms with Crippen molar-refractivity contribution in [3.05, 3.63) is 54.1 Å². The number of likely N-dealkylation sites (tertiary alicyclic amines) is 1. The maximum Gasteiger partial charge on any atom is 0.323 e. The van der Waals surface area contributed by atoms with Gasteiger partial charge in [0.25, 0.3) is 0 Å². The van der Waals surface area contributed by atoms with Crippen LogP contribution in [0.2, 0.25) is 0 Å². The third kappa shape index (κ3) is 8.30. The summed E-state index contributed by atoms with van der Waals surface area (Å²) in [7, 11) is 0. The average molecular weight is 537 g/mol. The number of anilines is 3. The molecule has 2 aromatic rings. The van der Waals surface area contributed by atoms with Crippen molar-refractivity contribution in [3.63, 3.8) is 0 Å². The van der Waals surface area contributed by atoms with Gasteiger partial charge in [0.2, 0.25) is 5.91 Å². The molecule has 1 aliphatic heterocycles. The molecule has 1 atom stereocenters. The molecule has 3 rings (SSSR count). The van der Waals surface area contributed by atoms with Crippen LogP contribution in [0.1, 0.15) is 65.4 Å². The van der Waals surface area contributed by atoms with Crippen LogP contribution in [0, 0.1) is 12.3 Å². The second-order valence-corrected chi connectivity index (χ2v) is 11.6. The van der Waals surface area contributed by atoms with E-state index in [9.17, 15) is 19.2 Å². The number of urea groups is 1. The van der Waals surface area contributed by atoms with Gasteiger partial charge in [-0.3, -0.25) is 14.4 Å². The molecule has 3 amide bonds. The van der Waals surface area contributed by atoms with Crippen LogP contribution in [0.15, 0.2) is 48.5 Å². The SMILES string of the molecule is Cc1ccccc1NC(=O)Nc1ccc(NC(C)(C)C(=O)[C@@H]2CCCN2C(=O)CCC(C)(C)CC(=O)O)cc1. The number of benzene rings is 2. The maximum atomic E-state index is 13.5. The van der Waals surface area contributed by atoms with Gasteiger partial charge in [0, 0.05) is 30.0 Å². The van der Waals surface area contributed by atoms with E-state index in [0.29, 0.717) is 30.8 Å². The van der Waals surface area contributed by atoms with Crippen molar-refractivity contribution in [1.82, 2.24) is 4.90 Å². The summed E-state index contributed by atoms with van der Waals surface area (Å²) < 4.78 is 0. The fraction of sp³-hybridized carbons (Fsp3) is 0.467. The smallest absolute Gasteiger partial charge is 0.323 e. The average Bonchev–Trinajstić information content (AvgIpc) is 3.34. The summed E-state index contributed by atoms with van der Waals surface area (Å²) >= 11 is 0. The number of aryl methyl sites for hydroxylation is 1. The van der Waals surface area contributed by atoms with Crippen LogP contribution in [-0.4, -0.2) is 51.8 Å². The van der Waals surface area contributed by atoms with Gasteiger partial charge in [0.1, 0.15) is 0 Å². The number of nitrogens with one attached hydrogen (secondary N) is 3. The summed E-state index contributed by atoms with van der Waals surface area (Å²) in [6.07, 6.45) is 2.00. The molecule has 1 saturated heterocycles. The number of hydrogen-bond acceptors (Lipinski definition) is 5. The molecule has 9 nitrogen and oxygen atoms in total. The van der Waals surface area contributed by atoms with E-state index in [0.717, 1.165) is 17.7 Å².